The van der Waals surface area contributed by atoms with Gasteiger partial charge in [-0.25, -0.2) is 9.59 Å². The van der Waals surface area contributed by atoms with Gasteiger partial charge in [0.25, 0.3) is 0 Å². The summed E-state index contributed by atoms with van der Waals surface area (Å²) in [5.74, 6) is -1.07. The predicted octanol–water partition coefficient (Wildman–Crippen LogP) is 3.21. The predicted molar refractivity (Wildman–Crippen MR) is 86.5 cm³/mol. The Balaban J connectivity index is 2.61. The second-order valence-corrected chi connectivity index (χ2v) is 6.02. The van der Waals surface area contributed by atoms with E-state index in [0.29, 0.717) is 29.6 Å². The van der Waals surface area contributed by atoms with E-state index in [0.717, 1.165) is 4.47 Å². The first-order valence-corrected chi connectivity index (χ1v) is 7.77. The maximum absolute atomic E-state index is 11.9. The van der Waals surface area contributed by atoms with Crippen molar-refractivity contribution in [3.63, 3.8) is 0 Å². The van der Waals surface area contributed by atoms with E-state index >= 15 is 0 Å². The van der Waals surface area contributed by atoms with Gasteiger partial charge in [-0.1, -0.05) is 15.9 Å². The largest absolute Gasteiger partial charge is 0.480 e. The van der Waals surface area contributed by atoms with Gasteiger partial charge in [0.2, 0.25) is 0 Å². The fourth-order valence-corrected chi connectivity index (χ4v) is 2.31. The molecule has 6 nitrogen and oxygen atoms in total. The third-order valence-electron chi connectivity index (χ3n) is 2.62. The Bertz CT molecular complexity index is 511. The molecule has 1 aromatic rings. The number of amides is 2. The van der Waals surface area contributed by atoms with Crippen LogP contribution in [0.15, 0.2) is 27.1 Å². The van der Waals surface area contributed by atoms with E-state index in [1.54, 1.807) is 19.2 Å². The highest BCUT2D eigenvalue weighted by atomic mass is 79.9. The lowest BCUT2D eigenvalue weighted by atomic mass is 10.1. The molecule has 0 aliphatic carbocycles. The van der Waals surface area contributed by atoms with Crippen molar-refractivity contribution in [2.24, 2.45) is 0 Å². The summed E-state index contributed by atoms with van der Waals surface area (Å²) in [4.78, 5) is 23.0. The van der Waals surface area contributed by atoms with Gasteiger partial charge in [0, 0.05) is 22.7 Å². The lowest BCUT2D eigenvalue weighted by Crippen LogP contribution is -2.43. The summed E-state index contributed by atoms with van der Waals surface area (Å²) in [5, 5.41) is 14.1. The number of aliphatic carboxylic acids is 1. The summed E-state index contributed by atoms with van der Waals surface area (Å²) < 4.78 is 6.37. The molecule has 1 aromatic carbocycles. The first-order valence-electron chi connectivity index (χ1n) is 6.18. The summed E-state index contributed by atoms with van der Waals surface area (Å²) in [6, 6.07) is 3.78. The van der Waals surface area contributed by atoms with Crippen LogP contribution in [0.5, 0.6) is 0 Å². The van der Waals surface area contributed by atoms with Crippen molar-refractivity contribution >= 4 is 49.5 Å². The van der Waals surface area contributed by atoms with Gasteiger partial charge < -0.3 is 20.5 Å². The van der Waals surface area contributed by atoms with Crippen molar-refractivity contribution in [2.45, 2.75) is 18.9 Å². The molecule has 0 fully saturated rings. The fraction of sp³-hybridized carbons (Fsp3) is 0.385. The van der Waals surface area contributed by atoms with E-state index < -0.39 is 18.0 Å². The van der Waals surface area contributed by atoms with E-state index in [9.17, 15) is 9.59 Å². The second kappa shape index (κ2) is 9.01. The van der Waals surface area contributed by atoms with E-state index in [1.165, 1.54) is 0 Å². The Morgan fingerprint density at radius 1 is 1.38 bits per heavy atom. The van der Waals surface area contributed by atoms with Gasteiger partial charge in [-0.05, 0) is 47.0 Å². The zero-order valence-corrected chi connectivity index (χ0v) is 14.5. The number of carboxylic acid groups (broad SMARTS) is 1. The number of halogens is 2. The molecule has 2 amide bonds. The smallest absolute Gasteiger partial charge is 0.326 e. The van der Waals surface area contributed by atoms with E-state index in [2.05, 4.69) is 42.5 Å². The molecule has 0 bridgehead atoms. The Hall–Kier alpha value is -1.12. The minimum Gasteiger partial charge on any atom is -0.480 e. The molecule has 0 saturated heterocycles. The highest BCUT2D eigenvalue weighted by Crippen LogP contribution is 2.26. The molecule has 1 unspecified atom stereocenters. The number of benzene rings is 1. The molecule has 116 valence electrons. The molecule has 0 saturated carbocycles. The number of anilines is 1. The number of carbonyl (C=O) groups excluding carboxylic acids is 1. The van der Waals surface area contributed by atoms with Gasteiger partial charge in [0.15, 0.2) is 0 Å². The molecule has 8 heteroatoms. The molecule has 0 radical (unpaired) electrons. The highest BCUT2D eigenvalue weighted by Gasteiger charge is 2.19. The van der Waals surface area contributed by atoms with Crippen LogP contribution in [-0.2, 0) is 9.53 Å². The van der Waals surface area contributed by atoms with Crippen LogP contribution in [0.4, 0.5) is 10.5 Å². The minimum absolute atomic E-state index is 0.302. The SMILES string of the molecule is COCCCC(NC(=O)Nc1cc(Br)ccc1Br)C(=O)O. The number of hydrogen-bond acceptors (Lipinski definition) is 3. The van der Waals surface area contributed by atoms with Crippen LogP contribution in [-0.4, -0.2) is 36.9 Å². The zero-order valence-electron chi connectivity index (χ0n) is 11.4. The van der Waals surface area contributed by atoms with Gasteiger partial charge >= 0.3 is 12.0 Å². The molecular weight excluding hydrogens is 408 g/mol. The summed E-state index contributed by atoms with van der Waals surface area (Å²) in [6.07, 6.45) is 0.852. The van der Waals surface area contributed by atoms with Crippen molar-refractivity contribution in [3.8, 4) is 0 Å². The third-order valence-corrected chi connectivity index (χ3v) is 3.81. The van der Waals surface area contributed by atoms with Gasteiger partial charge in [0.05, 0.1) is 5.69 Å². The minimum atomic E-state index is -1.07. The molecule has 3 N–H and O–H groups in total. The molecule has 0 aromatic heterocycles. The standard InChI is InChI=1S/C13H16Br2N2O4/c1-21-6-2-3-10(12(18)19)16-13(20)17-11-7-8(14)4-5-9(11)15/h4-5,7,10H,2-3,6H2,1H3,(H,18,19)(H2,16,17,20). The monoisotopic (exact) mass is 422 g/mol. The van der Waals surface area contributed by atoms with Crippen LogP contribution in [0.25, 0.3) is 0 Å². The lowest BCUT2D eigenvalue weighted by Gasteiger charge is -2.15. The fourth-order valence-electron chi connectivity index (χ4n) is 1.60. The van der Waals surface area contributed by atoms with Gasteiger partial charge in [0.1, 0.15) is 6.04 Å². The number of nitrogens with one attached hydrogen (secondary N) is 2. The average molecular weight is 424 g/mol. The van der Waals surface area contributed by atoms with Crippen LogP contribution in [0.1, 0.15) is 12.8 Å². The first-order chi connectivity index (χ1) is 9.93. The average Bonchev–Trinajstić information content (AvgIpc) is 2.42. The normalized spacial score (nSPS) is 11.8. The first kappa shape index (κ1) is 17.9. The number of urea groups is 1. The maximum Gasteiger partial charge on any atom is 0.326 e. The van der Waals surface area contributed by atoms with Crippen molar-refractivity contribution in [3.05, 3.63) is 27.1 Å². The summed E-state index contributed by atoms with van der Waals surface area (Å²) >= 11 is 6.61. The Morgan fingerprint density at radius 2 is 2.10 bits per heavy atom. The molecular formula is C13H16Br2N2O4. The van der Waals surface area contributed by atoms with E-state index in [-0.39, 0.29) is 0 Å². The Kier molecular flexibility index (Phi) is 7.69. The van der Waals surface area contributed by atoms with Crippen LogP contribution < -0.4 is 10.6 Å². The summed E-state index contributed by atoms with van der Waals surface area (Å²) in [6.45, 7) is 0.449. The summed E-state index contributed by atoms with van der Waals surface area (Å²) in [7, 11) is 1.54. The number of carboxylic acids is 1. The molecule has 0 heterocycles. The lowest BCUT2D eigenvalue weighted by molar-refractivity contribution is -0.139. The number of carbonyl (C=O) groups is 2. The molecule has 21 heavy (non-hydrogen) atoms. The Morgan fingerprint density at radius 3 is 2.71 bits per heavy atom. The third kappa shape index (κ3) is 6.45. The van der Waals surface area contributed by atoms with Gasteiger partial charge in [-0.2, -0.15) is 0 Å². The number of methoxy groups -OCH3 is 1. The van der Waals surface area contributed by atoms with Crippen LogP contribution >= 0.6 is 31.9 Å². The topological polar surface area (TPSA) is 87.7 Å². The van der Waals surface area contributed by atoms with Crippen molar-refractivity contribution < 1.29 is 19.4 Å². The number of rotatable bonds is 7. The van der Waals surface area contributed by atoms with E-state index in [4.69, 9.17) is 9.84 Å². The van der Waals surface area contributed by atoms with Crippen LogP contribution in [0, 0.1) is 0 Å². The highest BCUT2D eigenvalue weighted by molar-refractivity contribution is 9.11. The molecule has 1 atom stereocenters. The van der Waals surface area contributed by atoms with Gasteiger partial charge in [-0.15, -0.1) is 0 Å². The van der Waals surface area contributed by atoms with Crippen molar-refractivity contribution in [1.82, 2.24) is 5.32 Å². The molecule has 0 spiro atoms. The second-order valence-electron chi connectivity index (χ2n) is 4.25. The van der Waals surface area contributed by atoms with Crippen LogP contribution in [0.3, 0.4) is 0 Å². The van der Waals surface area contributed by atoms with Crippen molar-refractivity contribution in [2.75, 3.05) is 19.0 Å². The van der Waals surface area contributed by atoms with E-state index in [1.807, 2.05) is 6.07 Å². The molecule has 1 rings (SSSR count). The zero-order chi connectivity index (χ0) is 15.8. The number of ether oxygens (including phenoxy) is 1. The Labute approximate surface area is 139 Å². The maximum atomic E-state index is 11.9. The van der Waals surface area contributed by atoms with Crippen LogP contribution in [0.2, 0.25) is 0 Å². The quantitative estimate of drug-likeness (QED) is 0.587. The summed E-state index contributed by atoms with van der Waals surface area (Å²) in [5.41, 5.74) is 0.544. The molecule has 0 aliphatic heterocycles. The molecule has 0 aliphatic rings. The van der Waals surface area contributed by atoms with Crippen molar-refractivity contribution in [1.29, 1.82) is 0 Å². The number of hydrogen-bond donors (Lipinski definition) is 3. The van der Waals surface area contributed by atoms with Gasteiger partial charge in [-0.3, -0.25) is 0 Å².